The zero-order valence-electron chi connectivity index (χ0n) is 18.6. The fraction of sp³-hybridized carbons (Fsp3) is 0.240. The normalized spacial score (nSPS) is 18.1. The molecule has 1 fully saturated rings. The van der Waals surface area contributed by atoms with Gasteiger partial charge < -0.3 is 4.98 Å². The van der Waals surface area contributed by atoms with E-state index in [0.717, 1.165) is 10.9 Å². The Bertz CT molecular complexity index is 1460. The molecule has 0 saturated carbocycles. The average Bonchev–Trinajstić information content (AvgIpc) is 3.41. The Labute approximate surface area is 194 Å². The van der Waals surface area contributed by atoms with E-state index in [-0.39, 0.29) is 24.7 Å². The van der Waals surface area contributed by atoms with Gasteiger partial charge in [0.15, 0.2) is 6.17 Å². The number of benzene rings is 1. The number of hydrogen-bond donors (Lipinski definition) is 2. The van der Waals surface area contributed by atoms with Crippen LogP contribution in [0.25, 0.3) is 21.7 Å². The summed E-state index contributed by atoms with van der Waals surface area (Å²) in [6.45, 7) is 4.00. The lowest BCUT2D eigenvalue weighted by Crippen LogP contribution is -2.53. The molecule has 34 heavy (non-hydrogen) atoms. The highest BCUT2D eigenvalue weighted by atomic mass is 19.1. The van der Waals surface area contributed by atoms with Crippen LogP contribution < -0.4 is 10.2 Å². The molecule has 2 atom stereocenters. The topological polar surface area (TPSA) is 108 Å². The minimum Gasteiger partial charge on any atom is -0.360 e. The summed E-state index contributed by atoms with van der Waals surface area (Å²) in [4.78, 5) is 50.0. The molecule has 0 bridgehead atoms. The Balaban J connectivity index is 0.00000117. The van der Waals surface area contributed by atoms with E-state index in [1.54, 1.807) is 42.9 Å². The first-order valence-electron chi connectivity index (χ1n) is 11.2. The molecule has 2 aliphatic heterocycles. The Hall–Kier alpha value is -4.14. The van der Waals surface area contributed by atoms with Gasteiger partial charge in [-0.25, -0.2) is 9.37 Å². The Morgan fingerprint density at radius 1 is 1.09 bits per heavy atom. The lowest BCUT2D eigenvalue weighted by molar-refractivity contribution is -0.134. The van der Waals surface area contributed by atoms with E-state index in [1.807, 2.05) is 13.8 Å². The van der Waals surface area contributed by atoms with Crippen LogP contribution in [0.4, 0.5) is 10.2 Å². The van der Waals surface area contributed by atoms with Crippen molar-refractivity contribution in [3.63, 3.8) is 0 Å². The summed E-state index contributed by atoms with van der Waals surface area (Å²) in [5.41, 5.74) is 1.88. The fourth-order valence-corrected chi connectivity index (χ4v) is 4.68. The molecular weight excluding hydrogens is 437 g/mol. The predicted molar refractivity (Wildman–Crippen MR) is 125 cm³/mol. The number of anilines is 1. The van der Waals surface area contributed by atoms with Crippen molar-refractivity contribution in [2.24, 2.45) is 0 Å². The molecule has 4 aromatic rings. The molecule has 1 aromatic carbocycles. The summed E-state index contributed by atoms with van der Waals surface area (Å²) in [5.74, 6) is -0.956. The zero-order chi connectivity index (χ0) is 24.0. The number of piperidine rings is 1. The molecule has 1 saturated heterocycles. The monoisotopic (exact) mass is 459 g/mol. The van der Waals surface area contributed by atoms with Gasteiger partial charge in [0, 0.05) is 46.9 Å². The molecule has 9 heteroatoms. The van der Waals surface area contributed by atoms with Crippen molar-refractivity contribution in [1.82, 2.24) is 20.3 Å². The number of carbonyl (C=O) groups is 3. The third kappa shape index (κ3) is 3.15. The number of imide groups is 1. The van der Waals surface area contributed by atoms with E-state index in [4.69, 9.17) is 0 Å². The van der Waals surface area contributed by atoms with E-state index >= 15 is 4.39 Å². The molecule has 8 nitrogen and oxygen atoms in total. The van der Waals surface area contributed by atoms with Crippen LogP contribution >= 0.6 is 0 Å². The molecule has 0 aliphatic carbocycles. The van der Waals surface area contributed by atoms with Crippen LogP contribution in [0.1, 0.15) is 54.3 Å². The number of nitrogens with zero attached hydrogens (tertiary/aromatic N) is 3. The average molecular weight is 459 g/mol. The van der Waals surface area contributed by atoms with Crippen molar-refractivity contribution in [2.75, 3.05) is 4.90 Å². The summed E-state index contributed by atoms with van der Waals surface area (Å²) in [7, 11) is 0. The van der Waals surface area contributed by atoms with Gasteiger partial charge in [-0.1, -0.05) is 26.0 Å². The predicted octanol–water partition coefficient (Wildman–Crippen LogP) is 3.96. The van der Waals surface area contributed by atoms with Gasteiger partial charge in [-0.2, -0.15) is 0 Å². The number of amides is 3. The molecule has 2 aliphatic rings. The van der Waals surface area contributed by atoms with Crippen molar-refractivity contribution in [2.45, 2.75) is 38.9 Å². The number of hydrogen-bond acceptors (Lipinski definition) is 5. The second-order valence-corrected chi connectivity index (χ2v) is 7.94. The standard InChI is InChI=1S/C23H16FN5O3.C2H6/c24-20(14-8-26-16-10-25-7-6-11(14)16)15-9-27-21-19-12(15)2-1-3-13(19)23(32)29(21)17-4-5-18(30)28-22(17)31;1-2/h1-3,6-10,17,20,26H,4-5H2,(H,28,30,31);1-2H3. The first-order valence-corrected chi connectivity index (χ1v) is 11.2. The quantitative estimate of drug-likeness (QED) is 0.451. The van der Waals surface area contributed by atoms with Crippen molar-refractivity contribution < 1.29 is 18.8 Å². The summed E-state index contributed by atoms with van der Waals surface area (Å²) in [6.07, 6.45) is 5.14. The lowest BCUT2D eigenvalue weighted by Gasteiger charge is -2.29. The number of alkyl halides is 1. The van der Waals surface area contributed by atoms with Crippen molar-refractivity contribution in [3.8, 4) is 0 Å². The van der Waals surface area contributed by atoms with Crippen LogP contribution in [-0.2, 0) is 9.59 Å². The molecule has 6 rings (SSSR count). The first-order chi connectivity index (χ1) is 16.5. The molecule has 2 unspecified atom stereocenters. The van der Waals surface area contributed by atoms with Crippen LogP contribution in [0.3, 0.4) is 0 Å². The molecule has 3 aromatic heterocycles. The lowest BCUT2D eigenvalue weighted by atomic mass is 9.97. The highest BCUT2D eigenvalue weighted by molar-refractivity contribution is 6.26. The SMILES string of the molecule is CC.O=C1CCC(N2C(=O)c3cccc4c(C(F)c5c[nH]c6cnccc56)cnc2c34)C(=O)N1. The van der Waals surface area contributed by atoms with Crippen molar-refractivity contribution in [3.05, 3.63) is 65.7 Å². The van der Waals surface area contributed by atoms with Gasteiger partial charge in [-0.3, -0.25) is 29.6 Å². The summed E-state index contributed by atoms with van der Waals surface area (Å²) in [5, 5.41) is 4.08. The third-order valence-corrected chi connectivity index (χ3v) is 6.19. The summed E-state index contributed by atoms with van der Waals surface area (Å²) in [6, 6.07) is 6.01. The molecule has 0 spiro atoms. The van der Waals surface area contributed by atoms with Gasteiger partial charge in [0.25, 0.3) is 5.91 Å². The molecular formula is C25H22FN5O3. The second-order valence-electron chi connectivity index (χ2n) is 7.94. The third-order valence-electron chi connectivity index (χ3n) is 6.19. The van der Waals surface area contributed by atoms with E-state index in [1.165, 1.54) is 11.1 Å². The molecule has 3 amide bonds. The Morgan fingerprint density at radius 2 is 1.91 bits per heavy atom. The minimum absolute atomic E-state index is 0.139. The van der Waals surface area contributed by atoms with Crippen LogP contribution in [0.15, 0.2) is 49.1 Å². The Morgan fingerprint density at radius 3 is 2.71 bits per heavy atom. The number of halogens is 1. The maximum absolute atomic E-state index is 15.8. The molecule has 172 valence electrons. The van der Waals surface area contributed by atoms with Gasteiger partial charge in [0.1, 0.15) is 11.9 Å². The minimum atomic E-state index is -1.48. The number of aromatic nitrogens is 3. The van der Waals surface area contributed by atoms with Gasteiger partial charge in [0.05, 0.1) is 17.3 Å². The van der Waals surface area contributed by atoms with Gasteiger partial charge in [-0.15, -0.1) is 0 Å². The van der Waals surface area contributed by atoms with Gasteiger partial charge in [-0.05, 0) is 23.9 Å². The summed E-state index contributed by atoms with van der Waals surface area (Å²) >= 11 is 0. The van der Waals surface area contributed by atoms with Crippen LogP contribution in [-0.4, -0.2) is 38.7 Å². The highest BCUT2D eigenvalue weighted by Gasteiger charge is 2.42. The van der Waals surface area contributed by atoms with Crippen molar-refractivity contribution in [1.29, 1.82) is 0 Å². The number of fused-ring (bicyclic) bond motifs is 1. The van der Waals surface area contributed by atoms with Crippen LogP contribution in [0, 0.1) is 0 Å². The van der Waals surface area contributed by atoms with Crippen LogP contribution in [0.5, 0.6) is 0 Å². The van der Waals surface area contributed by atoms with E-state index in [9.17, 15) is 14.4 Å². The van der Waals surface area contributed by atoms with E-state index in [2.05, 4.69) is 20.3 Å². The number of carbonyl (C=O) groups excluding carboxylic acids is 3. The van der Waals surface area contributed by atoms with Gasteiger partial charge >= 0.3 is 0 Å². The van der Waals surface area contributed by atoms with Gasteiger partial charge in [0.2, 0.25) is 11.8 Å². The van der Waals surface area contributed by atoms with E-state index in [0.29, 0.717) is 33.3 Å². The number of nitrogens with one attached hydrogen (secondary N) is 2. The summed E-state index contributed by atoms with van der Waals surface area (Å²) < 4.78 is 15.8. The number of aromatic amines is 1. The second kappa shape index (κ2) is 8.33. The molecule has 0 radical (unpaired) electrons. The maximum atomic E-state index is 15.8. The Kier molecular flexibility index (Phi) is 5.31. The maximum Gasteiger partial charge on any atom is 0.260 e. The smallest absolute Gasteiger partial charge is 0.260 e. The van der Waals surface area contributed by atoms with Crippen molar-refractivity contribution >= 4 is 45.2 Å². The number of rotatable bonds is 3. The highest BCUT2D eigenvalue weighted by Crippen LogP contribution is 2.43. The molecule has 2 N–H and O–H groups in total. The fourth-order valence-electron chi connectivity index (χ4n) is 4.68. The number of H-pyrrole nitrogens is 1. The van der Waals surface area contributed by atoms with E-state index < -0.39 is 18.1 Å². The zero-order valence-corrected chi connectivity index (χ0v) is 18.6. The van der Waals surface area contributed by atoms with Crippen LogP contribution in [0.2, 0.25) is 0 Å². The number of pyridine rings is 2. The largest absolute Gasteiger partial charge is 0.360 e. The first kappa shape index (κ1) is 21.7. The molecule has 5 heterocycles.